The molecule has 1 aliphatic carbocycles. The molecule has 0 bridgehead atoms. The van der Waals surface area contributed by atoms with E-state index in [4.69, 9.17) is 0 Å². The van der Waals surface area contributed by atoms with Gasteiger partial charge in [0.2, 0.25) is 0 Å². The molecule has 2 aromatic rings. The molecular formula is C20H27N5O2. The van der Waals surface area contributed by atoms with E-state index in [-0.39, 0.29) is 17.5 Å². The van der Waals surface area contributed by atoms with Gasteiger partial charge in [-0.3, -0.25) is 4.79 Å². The summed E-state index contributed by atoms with van der Waals surface area (Å²) in [6.07, 6.45) is 6.32. The van der Waals surface area contributed by atoms with E-state index in [1.165, 1.54) is 0 Å². The fourth-order valence-electron chi connectivity index (χ4n) is 4.15. The number of imidazole rings is 1. The number of likely N-dealkylation sites (tertiary alicyclic amines) is 1. The smallest absolute Gasteiger partial charge is 0.317 e. The number of urea groups is 1. The maximum atomic E-state index is 12.3. The van der Waals surface area contributed by atoms with Crippen LogP contribution in [0.25, 0.3) is 5.65 Å². The summed E-state index contributed by atoms with van der Waals surface area (Å²) in [5.41, 5.74) is 1.27. The molecule has 2 aromatic heterocycles. The summed E-state index contributed by atoms with van der Waals surface area (Å²) < 4.78 is 1.84. The third kappa shape index (κ3) is 3.77. The second-order valence-electron chi connectivity index (χ2n) is 8.73. The molecule has 3 atom stereocenters. The van der Waals surface area contributed by atoms with Gasteiger partial charge in [-0.1, -0.05) is 0 Å². The van der Waals surface area contributed by atoms with Crippen LogP contribution in [0.4, 0.5) is 4.79 Å². The average Bonchev–Trinajstić information content (AvgIpc) is 2.99. The van der Waals surface area contributed by atoms with Gasteiger partial charge in [0, 0.05) is 43.8 Å². The van der Waals surface area contributed by atoms with Gasteiger partial charge in [-0.2, -0.15) is 0 Å². The molecule has 27 heavy (non-hydrogen) atoms. The van der Waals surface area contributed by atoms with Crippen molar-refractivity contribution in [2.75, 3.05) is 19.6 Å². The van der Waals surface area contributed by atoms with Gasteiger partial charge in [-0.15, -0.1) is 0 Å². The zero-order valence-corrected chi connectivity index (χ0v) is 16.1. The van der Waals surface area contributed by atoms with Crippen molar-refractivity contribution in [3.05, 3.63) is 36.3 Å². The molecule has 0 radical (unpaired) electrons. The van der Waals surface area contributed by atoms with Gasteiger partial charge in [-0.05, 0) is 57.1 Å². The fraction of sp³-hybridized carbons (Fsp3) is 0.550. The van der Waals surface area contributed by atoms with Gasteiger partial charge >= 0.3 is 6.03 Å². The number of nitrogens with zero attached hydrogens (tertiary/aromatic N) is 3. The maximum Gasteiger partial charge on any atom is 0.317 e. The monoisotopic (exact) mass is 369 g/mol. The summed E-state index contributed by atoms with van der Waals surface area (Å²) in [6.45, 7) is 8.34. The summed E-state index contributed by atoms with van der Waals surface area (Å²) in [6, 6.07) is 3.68. The molecular weight excluding hydrogens is 342 g/mol. The molecule has 4 rings (SSSR count). The summed E-state index contributed by atoms with van der Waals surface area (Å²) in [7, 11) is 0. The van der Waals surface area contributed by atoms with E-state index in [0.29, 0.717) is 29.9 Å². The highest BCUT2D eigenvalue weighted by Crippen LogP contribution is 2.53. The van der Waals surface area contributed by atoms with Crippen LogP contribution >= 0.6 is 0 Å². The van der Waals surface area contributed by atoms with Crippen molar-refractivity contribution in [3.63, 3.8) is 0 Å². The van der Waals surface area contributed by atoms with Crippen molar-refractivity contribution < 1.29 is 9.59 Å². The molecule has 3 amide bonds. The van der Waals surface area contributed by atoms with Crippen LogP contribution in [-0.4, -0.2) is 51.4 Å². The van der Waals surface area contributed by atoms with Crippen LogP contribution in [0.3, 0.4) is 0 Å². The number of fused-ring (bicyclic) bond motifs is 2. The highest BCUT2D eigenvalue weighted by molar-refractivity contribution is 5.94. The molecule has 1 saturated heterocycles. The van der Waals surface area contributed by atoms with E-state index < -0.39 is 0 Å². The van der Waals surface area contributed by atoms with Crippen LogP contribution in [0.5, 0.6) is 0 Å². The Morgan fingerprint density at radius 3 is 2.67 bits per heavy atom. The van der Waals surface area contributed by atoms with Gasteiger partial charge in [0.1, 0.15) is 5.65 Å². The Kier molecular flexibility index (Phi) is 4.32. The largest absolute Gasteiger partial charge is 0.352 e. The van der Waals surface area contributed by atoms with Crippen LogP contribution in [0.1, 0.15) is 37.6 Å². The maximum absolute atomic E-state index is 12.3. The lowest BCUT2D eigenvalue weighted by Crippen LogP contribution is -2.48. The predicted octanol–water partition coefficient (Wildman–Crippen LogP) is 2.14. The average molecular weight is 369 g/mol. The number of piperidine rings is 1. The molecule has 2 fully saturated rings. The number of carbonyl (C=O) groups excluding carboxylic acids is 2. The molecule has 1 aliphatic heterocycles. The van der Waals surface area contributed by atoms with E-state index in [0.717, 1.165) is 25.2 Å². The molecule has 0 unspecified atom stereocenters. The Morgan fingerprint density at radius 2 is 1.96 bits per heavy atom. The number of nitrogens with one attached hydrogen (secondary N) is 2. The van der Waals surface area contributed by atoms with E-state index in [1.807, 2.05) is 42.3 Å². The quantitative estimate of drug-likeness (QED) is 0.867. The van der Waals surface area contributed by atoms with Crippen molar-refractivity contribution in [1.29, 1.82) is 0 Å². The molecule has 0 spiro atoms. The Bertz CT molecular complexity index is 857. The second kappa shape index (κ2) is 6.55. The van der Waals surface area contributed by atoms with Crippen LogP contribution in [0, 0.1) is 17.8 Å². The minimum Gasteiger partial charge on any atom is -0.352 e. The summed E-state index contributed by atoms with van der Waals surface area (Å²) in [4.78, 5) is 30.7. The van der Waals surface area contributed by atoms with Crippen molar-refractivity contribution >= 4 is 17.6 Å². The highest BCUT2D eigenvalue weighted by Gasteiger charge is 2.55. The number of aromatic nitrogens is 2. The van der Waals surface area contributed by atoms with Gasteiger partial charge in [0.25, 0.3) is 5.91 Å². The standard InChI is InChI=1S/C20H27N5O2/c1-20(2,3)23-19(27)25-11-15-14(16(15)12-25)6-7-22-18(26)13-4-5-17-21-8-9-24(17)10-13/h4-5,8-10,14-16H,6-7,11-12H2,1-3H3,(H,22,26)(H,23,27)/t14-,15-,16+. The van der Waals surface area contributed by atoms with Gasteiger partial charge in [0.15, 0.2) is 0 Å². The number of carbonyl (C=O) groups is 2. The van der Waals surface area contributed by atoms with Crippen molar-refractivity contribution in [2.24, 2.45) is 17.8 Å². The first-order chi connectivity index (χ1) is 12.8. The van der Waals surface area contributed by atoms with E-state index >= 15 is 0 Å². The first kappa shape index (κ1) is 17.8. The van der Waals surface area contributed by atoms with Crippen LogP contribution in [0.2, 0.25) is 0 Å². The lowest BCUT2D eigenvalue weighted by molar-refractivity contribution is 0.0951. The summed E-state index contributed by atoms with van der Waals surface area (Å²) in [5, 5.41) is 6.04. The normalized spacial score (nSPS) is 24.0. The lowest BCUT2D eigenvalue weighted by Gasteiger charge is -2.27. The van der Waals surface area contributed by atoms with Crippen molar-refractivity contribution in [2.45, 2.75) is 32.7 Å². The van der Waals surface area contributed by atoms with E-state index in [2.05, 4.69) is 15.6 Å². The molecule has 144 valence electrons. The molecule has 7 heteroatoms. The summed E-state index contributed by atoms with van der Waals surface area (Å²) >= 11 is 0. The van der Waals surface area contributed by atoms with Crippen LogP contribution in [-0.2, 0) is 0 Å². The fourth-order valence-corrected chi connectivity index (χ4v) is 4.15. The molecule has 1 saturated carbocycles. The van der Waals surface area contributed by atoms with Crippen LogP contribution in [0.15, 0.2) is 30.7 Å². The number of hydrogen-bond donors (Lipinski definition) is 2. The zero-order valence-electron chi connectivity index (χ0n) is 16.1. The van der Waals surface area contributed by atoms with Crippen molar-refractivity contribution in [1.82, 2.24) is 24.9 Å². The molecule has 7 nitrogen and oxygen atoms in total. The minimum absolute atomic E-state index is 0.0386. The third-order valence-electron chi connectivity index (χ3n) is 5.55. The Morgan fingerprint density at radius 1 is 1.22 bits per heavy atom. The predicted molar refractivity (Wildman–Crippen MR) is 102 cm³/mol. The number of hydrogen-bond acceptors (Lipinski definition) is 3. The molecule has 2 N–H and O–H groups in total. The first-order valence-corrected chi connectivity index (χ1v) is 9.60. The van der Waals surface area contributed by atoms with Gasteiger partial charge < -0.3 is 19.9 Å². The Labute approximate surface area is 159 Å². The van der Waals surface area contributed by atoms with E-state index in [1.54, 1.807) is 18.5 Å². The number of rotatable bonds is 4. The Balaban J connectivity index is 1.21. The topological polar surface area (TPSA) is 78.7 Å². The zero-order chi connectivity index (χ0) is 19.2. The van der Waals surface area contributed by atoms with Gasteiger partial charge in [-0.25, -0.2) is 9.78 Å². The second-order valence-corrected chi connectivity index (χ2v) is 8.73. The van der Waals surface area contributed by atoms with E-state index in [9.17, 15) is 9.59 Å². The highest BCUT2D eigenvalue weighted by atomic mass is 16.2. The van der Waals surface area contributed by atoms with Crippen LogP contribution < -0.4 is 10.6 Å². The lowest BCUT2D eigenvalue weighted by atomic mass is 10.1. The SMILES string of the molecule is CC(C)(C)NC(=O)N1C[C@@H]2[C@@H](CCNC(=O)c3ccc4nccn4c3)[C@@H]2C1. The number of amides is 3. The third-order valence-corrected chi connectivity index (χ3v) is 5.55. The van der Waals surface area contributed by atoms with Gasteiger partial charge in [0.05, 0.1) is 5.56 Å². The Hall–Kier alpha value is -2.57. The molecule has 0 aromatic carbocycles. The molecule has 3 heterocycles. The number of pyridine rings is 1. The van der Waals surface area contributed by atoms with Crippen molar-refractivity contribution in [3.8, 4) is 0 Å². The first-order valence-electron chi connectivity index (χ1n) is 9.60. The summed E-state index contributed by atoms with van der Waals surface area (Å²) in [5.74, 6) is 1.76. The minimum atomic E-state index is -0.201. The molecule has 2 aliphatic rings.